The minimum Gasteiger partial charge on any atom is -0.365 e. The van der Waals surface area contributed by atoms with Crippen molar-refractivity contribution in [1.82, 2.24) is 24.5 Å². The van der Waals surface area contributed by atoms with Gasteiger partial charge in [0.1, 0.15) is 4.60 Å². The first-order chi connectivity index (χ1) is 13.8. The van der Waals surface area contributed by atoms with Crippen LogP contribution in [-0.2, 0) is 10.0 Å². The summed E-state index contributed by atoms with van der Waals surface area (Å²) in [6.45, 7) is 0.793. The summed E-state index contributed by atoms with van der Waals surface area (Å²) in [6, 6.07) is 5.52. The van der Waals surface area contributed by atoms with Gasteiger partial charge in [0.05, 0.1) is 18.0 Å². The van der Waals surface area contributed by atoms with Gasteiger partial charge in [-0.25, -0.2) is 22.1 Å². The highest BCUT2D eigenvalue weighted by molar-refractivity contribution is 9.10. The van der Waals surface area contributed by atoms with E-state index in [0.29, 0.717) is 30.5 Å². The first kappa shape index (κ1) is 20.0. The third-order valence-electron chi connectivity index (χ3n) is 4.78. The number of hydrogen-bond donors (Lipinski definition) is 3. The summed E-state index contributed by atoms with van der Waals surface area (Å²) in [6.07, 6.45) is 3.45. The Bertz CT molecular complexity index is 1150. The SMILES string of the molecule is CS(=O)(=O)N1CCC(Nc2nc(Nc3ccc4[nH]nc(Br)c4c3)ncc2F)CC1. The number of nitrogens with zero attached hydrogens (tertiary/aromatic N) is 4. The van der Waals surface area contributed by atoms with E-state index >= 15 is 0 Å². The van der Waals surface area contributed by atoms with Crippen molar-refractivity contribution in [3.63, 3.8) is 0 Å². The molecule has 0 spiro atoms. The van der Waals surface area contributed by atoms with Gasteiger partial charge < -0.3 is 10.6 Å². The molecule has 29 heavy (non-hydrogen) atoms. The Morgan fingerprint density at radius 3 is 2.79 bits per heavy atom. The topological polar surface area (TPSA) is 116 Å². The minimum atomic E-state index is -3.20. The van der Waals surface area contributed by atoms with E-state index in [9.17, 15) is 12.8 Å². The monoisotopic (exact) mass is 483 g/mol. The van der Waals surface area contributed by atoms with Gasteiger partial charge in [-0.1, -0.05) is 0 Å². The molecular weight excluding hydrogens is 465 g/mol. The lowest BCUT2D eigenvalue weighted by Crippen LogP contribution is -2.42. The third-order valence-corrected chi connectivity index (χ3v) is 6.69. The maximum Gasteiger partial charge on any atom is 0.229 e. The highest BCUT2D eigenvalue weighted by atomic mass is 79.9. The Kier molecular flexibility index (Phi) is 5.40. The van der Waals surface area contributed by atoms with Crippen molar-refractivity contribution >= 4 is 54.3 Å². The van der Waals surface area contributed by atoms with Crippen molar-refractivity contribution < 1.29 is 12.8 Å². The van der Waals surface area contributed by atoms with Gasteiger partial charge in [0.2, 0.25) is 16.0 Å². The molecule has 0 atom stereocenters. The predicted molar refractivity (Wildman–Crippen MR) is 112 cm³/mol. The molecule has 0 bridgehead atoms. The highest BCUT2D eigenvalue weighted by Crippen LogP contribution is 2.26. The molecule has 0 aliphatic carbocycles. The lowest BCUT2D eigenvalue weighted by molar-refractivity contribution is 0.331. The van der Waals surface area contributed by atoms with Crippen LogP contribution in [0.15, 0.2) is 29.0 Å². The summed E-state index contributed by atoms with van der Waals surface area (Å²) in [7, 11) is -3.20. The number of hydrogen-bond acceptors (Lipinski definition) is 7. The van der Waals surface area contributed by atoms with E-state index < -0.39 is 15.8 Å². The van der Waals surface area contributed by atoms with Crippen LogP contribution in [-0.4, -0.2) is 58.3 Å². The summed E-state index contributed by atoms with van der Waals surface area (Å²) >= 11 is 3.38. The highest BCUT2D eigenvalue weighted by Gasteiger charge is 2.25. The maximum absolute atomic E-state index is 14.2. The predicted octanol–water partition coefficient (Wildman–Crippen LogP) is 2.83. The lowest BCUT2D eigenvalue weighted by atomic mass is 10.1. The second kappa shape index (κ2) is 7.84. The Morgan fingerprint density at radius 1 is 1.31 bits per heavy atom. The number of halogens is 2. The van der Waals surface area contributed by atoms with Crippen molar-refractivity contribution in [1.29, 1.82) is 0 Å². The first-order valence-electron chi connectivity index (χ1n) is 8.94. The van der Waals surface area contributed by atoms with E-state index in [1.165, 1.54) is 10.6 Å². The molecule has 154 valence electrons. The fraction of sp³-hybridized carbons (Fsp3) is 0.353. The molecule has 3 N–H and O–H groups in total. The average molecular weight is 484 g/mol. The van der Waals surface area contributed by atoms with E-state index in [1.54, 1.807) is 0 Å². The smallest absolute Gasteiger partial charge is 0.229 e. The number of anilines is 3. The molecule has 0 saturated carbocycles. The molecule has 0 unspecified atom stereocenters. The Hall–Kier alpha value is -2.31. The van der Waals surface area contributed by atoms with Crippen LogP contribution in [0.2, 0.25) is 0 Å². The van der Waals surface area contributed by atoms with Crippen molar-refractivity contribution in [3.8, 4) is 0 Å². The minimum absolute atomic E-state index is 0.0662. The number of nitrogens with one attached hydrogen (secondary N) is 3. The molecular formula is C17H19BrFN7O2S. The second-order valence-corrected chi connectivity index (χ2v) is 9.60. The summed E-state index contributed by atoms with van der Waals surface area (Å²) in [5.74, 6) is -0.221. The number of sulfonamides is 1. The molecule has 9 nitrogen and oxygen atoms in total. The van der Waals surface area contributed by atoms with Crippen LogP contribution >= 0.6 is 15.9 Å². The zero-order valence-electron chi connectivity index (χ0n) is 15.5. The molecule has 3 aromatic rings. The molecule has 12 heteroatoms. The zero-order valence-corrected chi connectivity index (χ0v) is 17.9. The number of benzene rings is 1. The van der Waals surface area contributed by atoms with E-state index in [4.69, 9.17) is 0 Å². The fourth-order valence-electron chi connectivity index (χ4n) is 3.24. The maximum atomic E-state index is 14.2. The van der Waals surface area contributed by atoms with Gasteiger partial charge in [-0.2, -0.15) is 10.1 Å². The van der Waals surface area contributed by atoms with Crippen molar-refractivity contribution in [2.45, 2.75) is 18.9 Å². The van der Waals surface area contributed by atoms with Crippen LogP contribution in [0.25, 0.3) is 10.9 Å². The fourth-order valence-corrected chi connectivity index (χ4v) is 4.53. The number of fused-ring (bicyclic) bond motifs is 1. The second-order valence-electron chi connectivity index (χ2n) is 6.87. The van der Waals surface area contributed by atoms with Crippen molar-refractivity contribution in [2.75, 3.05) is 30.0 Å². The normalized spacial score (nSPS) is 16.2. The average Bonchev–Trinajstić information content (AvgIpc) is 3.05. The Balaban J connectivity index is 1.47. The molecule has 3 heterocycles. The molecule has 0 amide bonds. The summed E-state index contributed by atoms with van der Waals surface area (Å²) in [5.41, 5.74) is 1.61. The number of aromatic nitrogens is 4. The largest absolute Gasteiger partial charge is 0.365 e. The summed E-state index contributed by atoms with van der Waals surface area (Å²) < 4.78 is 39.6. The Labute approximate surface area is 175 Å². The summed E-state index contributed by atoms with van der Waals surface area (Å²) in [4.78, 5) is 8.25. The molecule has 1 saturated heterocycles. The molecule has 1 aliphatic rings. The third kappa shape index (κ3) is 4.49. The van der Waals surface area contributed by atoms with Crippen molar-refractivity contribution in [2.24, 2.45) is 0 Å². The molecule has 0 radical (unpaired) electrons. The van der Waals surface area contributed by atoms with Crippen LogP contribution in [0.1, 0.15) is 12.8 Å². The quantitative estimate of drug-likeness (QED) is 0.510. The van der Waals surface area contributed by atoms with Gasteiger partial charge in [0.15, 0.2) is 11.6 Å². The number of H-pyrrole nitrogens is 1. The first-order valence-corrected chi connectivity index (χ1v) is 11.6. The molecule has 1 aliphatic heterocycles. The van der Waals surface area contributed by atoms with Crippen LogP contribution in [0.4, 0.5) is 21.8 Å². The van der Waals surface area contributed by atoms with Gasteiger partial charge >= 0.3 is 0 Å². The van der Waals surface area contributed by atoms with Gasteiger partial charge in [-0.05, 0) is 47.0 Å². The van der Waals surface area contributed by atoms with Crippen LogP contribution < -0.4 is 10.6 Å². The number of aromatic amines is 1. The van der Waals surface area contributed by atoms with E-state index in [-0.39, 0.29) is 17.8 Å². The van der Waals surface area contributed by atoms with Crippen molar-refractivity contribution in [3.05, 3.63) is 34.8 Å². The molecule has 1 aromatic carbocycles. The van der Waals surface area contributed by atoms with Crippen LogP contribution in [0.5, 0.6) is 0 Å². The molecule has 4 rings (SSSR count). The van der Waals surface area contributed by atoms with Gasteiger partial charge in [-0.15, -0.1) is 0 Å². The van der Waals surface area contributed by atoms with Gasteiger partial charge in [0, 0.05) is 30.2 Å². The van der Waals surface area contributed by atoms with Gasteiger partial charge in [-0.3, -0.25) is 5.10 Å². The Morgan fingerprint density at radius 2 is 2.07 bits per heavy atom. The van der Waals surface area contributed by atoms with E-state index in [0.717, 1.165) is 22.8 Å². The zero-order chi connectivity index (χ0) is 20.6. The van der Waals surface area contributed by atoms with Gasteiger partial charge in [0.25, 0.3) is 0 Å². The molecule has 1 fully saturated rings. The lowest BCUT2D eigenvalue weighted by Gasteiger charge is -2.30. The molecule has 2 aromatic heterocycles. The number of piperidine rings is 1. The van der Waals surface area contributed by atoms with Crippen LogP contribution in [0.3, 0.4) is 0 Å². The standard InChI is InChI=1S/C17H19BrFN7O2S/c1-29(27,28)26-6-4-10(5-7-26)21-16-13(19)9-20-17(23-16)22-11-2-3-14-12(8-11)15(18)25-24-14/h2-3,8-10H,4-7H2,1H3,(H,24,25)(H2,20,21,22,23). The van der Waals surface area contributed by atoms with E-state index in [2.05, 4.69) is 46.7 Å². The summed E-state index contributed by atoms with van der Waals surface area (Å²) in [5, 5.41) is 14.0. The van der Waals surface area contributed by atoms with E-state index in [1.807, 2.05) is 18.2 Å². The number of rotatable bonds is 5. The van der Waals surface area contributed by atoms with Crippen LogP contribution in [0, 0.1) is 5.82 Å².